The lowest BCUT2D eigenvalue weighted by Gasteiger charge is -2.08. The Bertz CT molecular complexity index is 755. The Morgan fingerprint density at radius 3 is 2.90 bits per heavy atom. The van der Waals surface area contributed by atoms with Gasteiger partial charge in [-0.3, -0.25) is 10.6 Å². The van der Waals surface area contributed by atoms with Gasteiger partial charge in [0, 0.05) is 5.39 Å². The van der Waals surface area contributed by atoms with Gasteiger partial charge in [0.15, 0.2) is 0 Å². The first kappa shape index (κ1) is 12.1. The zero-order valence-electron chi connectivity index (χ0n) is 10.3. The summed E-state index contributed by atoms with van der Waals surface area (Å²) in [5, 5.41) is 6.98. The molecular formula is C13H11N5O2. The summed E-state index contributed by atoms with van der Waals surface area (Å²) in [5.41, 5.74) is 4.60. The molecule has 3 rings (SSSR count). The molecule has 20 heavy (non-hydrogen) atoms. The van der Waals surface area contributed by atoms with E-state index in [1.54, 1.807) is 6.07 Å². The van der Waals surface area contributed by atoms with Crippen LogP contribution in [0.5, 0.6) is 0 Å². The Hall–Kier alpha value is -2.93. The number of fused-ring (bicyclic) bond motifs is 1. The maximum absolute atomic E-state index is 12.1. The molecule has 4 N–H and O–H groups in total. The van der Waals surface area contributed by atoms with Gasteiger partial charge in [0.25, 0.3) is 5.91 Å². The Kier molecular flexibility index (Phi) is 3.02. The van der Waals surface area contributed by atoms with E-state index in [-0.39, 0.29) is 11.6 Å². The molecule has 2 aromatic heterocycles. The van der Waals surface area contributed by atoms with Crippen molar-refractivity contribution in [2.24, 2.45) is 5.84 Å². The Morgan fingerprint density at radius 2 is 2.15 bits per heavy atom. The van der Waals surface area contributed by atoms with Gasteiger partial charge < -0.3 is 15.3 Å². The number of nitrogens with two attached hydrogens (primary N) is 1. The van der Waals surface area contributed by atoms with Gasteiger partial charge in [-0.05, 0) is 12.1 Å². The third kappa shape index (κ3) is 2.17. The molecule has 100 valence electrons. The molecule has 0 bridgehead atoms. The molecule has 0 aliphatic rings. The third-order valence-electron chi connectivity index (χ3n) is 2.79. The Labute approximate surface area is 113 Å². The molecule has 0 spiro atoms. The highest BCUT2D eigenvalue weighted by Gasteiger charge is 2.12. The van der Waals surface area contributed by atoms with Crippen molar-refractivity contribution in [1.82, 2.24) is 10.1 Å². The second-order valence-electron chi connectivity index (χ2n) is 4.08. The summed E-state index contributed by atoms with van der Waals surface area (Å²) >= 11 is 0. The lowest BCUT2D eigenvalue weighted by Crippen LogP contribution is -2.15. The van der Waals surface area contributed by atoms with Crippen LogP contribution in [0, 0.1) is 0 Å². The van der Waals surface area contributed by atoms with Crippen LogP contribution in [0.1, 0.15) is 10.5 Å². The second kappa shape index (κ2) is 4.98. The molecular weight excluding hydrogens is 258 g/mol. The van der Waals surface area contributed by atoms with Crippen molar-refractivity contribution in [1.29, 1.82) is 0 Å². The first-order valence-corrected chi connectivity index (χ1v) is 5.85. The molecule has 0 aliphatic heterocycles. The van der Waals surface area contributed by atoms with Gasteiger partial charge in [0.2, 0.25) is 0 Å². The summed E-state index contributed by atoms with van der Waals surface area (Å²) in [6, 6.07) is 9.00. The number of aromatic nitrogens is 2. The average molecular weight is 269 g/mol. The van der Waals surface area contributed by atoms with Crippen LogP contribution in [0.4, 0.5) is 11.4 Å². The summed E-state index contributed by atoms with van der Waals surface area (Å²) in [7, 11) is 0. The van der Waals surface area contributed by atoms with E-state index in [0.29, 0.717) is 16.9 Å². The largest absolute Gasteiger partial charge is 0.363 e. The van der Waals surface area contributed by atoms with E-state index < -0.39 is 0 Å². The monoisotopic (exact) mass is 269 g/mol. The fourth-order valence-electron chi connectivity index (χ4n) is 1.87. The lowest BCUT2D eigenvalue weighted by atomic mass is 10.1. The molecule has 0 saturated heterocycles. The summed E-state index contributed by atoms with van der Waals surface area (Å²) in [6.07, 6.45) is 2.74. The van der Waals surface area contributed by atoms with Crippen LogP contribution in [0.15, 0.2) is 47.3 Å². The van der Waals surface area contributed by atoms with Crippen molar-refractivity contribution < 1.29 is 9.32 Å². The van der Waals surface area contributed by atoms with E-state index in [1.165, 1.54) is 12.5 Å². The fourth-order valence-corrected chi connectivity index (χ4v) is 1.87. The van der Waals surface area contributed by atoms with Crippen LogP contribution in [0.3, 0.4) is 0 Å². The van der Waals surface area contributed by atoms with Crippen LogP contribution in [-0.4, -0.2) is 16.0 Å². The topological polar surface area (TPSA) is 106 Å². The molecule has 1 aromatic carbocycles. The number of benzene rings is 1. The molecule has 0 radical (unpaired) electrons. The standard InChI is InChI=1S/C13H11N5O2/c14-18-11-5-12(13(19)16-8-6-15-20-7-8)17-10-4-2-1-3-9(10)11/h1-7H,14H2,(H,16,19)(H,17,18). The lowest BCUT2D eigenvalue weighted by molar-refractivity contribution is 0.102. The Balaban J connectivity index is 2.01. The number of nitrogens with one attached hydrogen (secondary N) is 2. The summed E-state index contributed by atoms with van der Waals surface area (Å²) in [5.74, 6) is 5.12. The van der Waals surface area contributed by atoms with Gasteiger partial charge in [-0.15, -0.1) is 0 Å². The fraction of sp³-hybridized carbons (Fsp3) is 0. The van der Waals surface area contributed by atoms with Crippen molar-refractivity contribution in [2.45, 2.75) is 0 Å². The van der Waals surface area contributed by atoms with Gasteiger partial charge in [0.1, 0.15) is 17.6 Å². The van der Waals surface area contributed by atoms with E-state index in [9.17, 15) is 4.79 Å². The molecule has 0 fully saturated rings. The van der Waals surface area contributed by atoms with Crippen LogP contribution in [0.2, 0.25) is 0 Å². The number of hydrazine groups is 1. The summed E-state index contributed by atoms with van der Waals surface area (Å²) in [6.45, 7) is 0. The molecule has 0 aliphatic carbocycles. The number of nitrogens with zero attached hydrogens (tertiary/aromatic N) is 2. The summed E-state index contributed by atoms with van der Waals surface area (Å²) < 4.78 is 4.65. The van der Waals surface area contributed by atoms with Gasteiger partial charge in [0.05, 0.1) is 17.4 Å². The van der Waals surface area contributed by atoms with Crippen LogP contribution in [-0.2, 0) is 0 Å². The highest BCUT2D eigenvalue weighted by molar-refractivity contribution is 6.06. The molecule has 7 heteroatoms. The first-order valence-electron chi connectivity index (χ1n) is 5.85. The minimum Gasteiger partial charge on any atom is -0.363 e. The van der Waals surface area contributed by atoms with Crippen LogP contribution >= 0.6 is 0 Å². The maximum atomic E-state index is 12.1. The summed E-state index contributed by atoms with van der Waals surface area (Å²) in [4.78, 5) is 16.4. The maximum Gasteiger partial charge on any atom is 0.274 e. The number of para-hydroxylation sites is 1. The SMILES string of the molecule is NNc1cc(C(=O)Nc2cnoc2)nc2ccccc12. The predicted molar refractivity (Wildman–Crippen MR) is 74.0 cm³/mol. The van der Waals surface area contributed by atoms with Crippen molar-refractivity contribution in [3.8, 4) is 0 Å². The molecule has 2 heterocycles. The molecule has 0 saturated carbocycles. The van der Waals surface area contributed by atoms with Gasteiger partial charge >= 0.3 is 0 Å². The number of hydrogen-bond donors (Lipinski definition) is 3. The smallest absolute Gasteiger partial charge is 0.274 e. The molecule has 0 atom stereocenters. The molecule has 0 unspecified atom stereocenters. The van der Waals surface area contributed by atoms with E-state index in [1.807, 2.05) is 24.3 Å². The van der Waals surface area contributed by atoms with Crippen molar-refractivity contribution in [2.75, 3.05) is 10.7 Å². The Morgan fingerprint density at radius 1 is 1.30 bits per heavy atom. The number of pyridine rings is 1. The van der Waals surface area contributed by atoms with Gasteiger partial charge in [-0.25, -0.2) is 4.98 Å². The normalized spacial score (nSPS) is 10.4. The quantitative estimate of drug-likeness (QED) is 0.494. The number of rotatable bonds is 3. The van der Waals surface area contributed by atoms with E-state index in [0.717, 1.165) is 5.39 Å². The second-order valence-corrected chi connectivity index (χ2v) is 4.08. The minimum absolute atomic E-state index is 0.248. The third-order valence-corrected chi connectivity index (χ3v) is 2.79. The van der Waals surface area contributed by atoms with Crippen molar-refractivity contribution in [3.05, 3.63) is 48.5 Å². The number of anilines is 2. The number of amides is 1. The van der Waals surface area contributed by atoms with Crippen molar-refractivity contribution in [3.63, 3.8) is 0 Å². The van der Waals surface area contributed by atoms with E-state index in [4.69, 9.17) is 5.84 Å². The van der Waals surface area contributed by atoms with E-state index in [2.05, 4.69) is 25.4 Å². The van der Waals surface area contributed by atoms with Crippen molar-refractivity contribution >= 4 is 28.2 Å². The minimum atomic E-state index is -0.365. The highest BCUT2D eigenvalue weighted by atomic mass is 16.5. The average Bonchev–Trinajstić information content (AvgIpc) is 2.99. The zero-order chi connectivity index (χ0) is 13.9. The predicted octanol–water partition coefficient (Wildman–Crippen LogP) is 1.76. The highest BCUT2D eigenvalue weighted by Crippen LogP contribution is 2.22. The zero-order valence-corrected chi connectivity index (χ0v) is 10.3. The number of carbonyl (C=O) groups is 1. The molecule has 7 nitrogen and oxygen atoms in total. The number of nitrogen functional groups attached to an aromatic ring is 1. The number of hydrogen-bond acceptors (Lipinski definition) is 6. The molecule has 3 aromatic rings. The van der Waals surface area contributed by atoms with Crippen LogP contribution in [0.25, 0.3) is 10.9 Å². The van der Waals surface area contributed by atoms with Crippen LogP contribution < -0.4 is 16.6 Å². The first-order chi connectivity index (χ1) is 9.78. The van der Waals surface area contributed by atoms with Gasteiger partial charge in [-0.2, -0.15) is 0 Å². The number of carbonyl (C=O) groups excluding carboxylic acids is 1. The molecule has 1 amide bonds. The van der Waals surface area contributed by atoms with E-state index >= 15 is 0 Å². The van der Waals surface area contributed by atoms with Gasteiger partial charge in [-0.1, -0.05) is 23.4 Å².